The lowest BCUT2D eigenvalue weighted by molar-refractivity contribution is 0.0922. The van der Waals surface area contributed by atoms with Crippen LogP contribution in [-0.4, -0.2) is 53.2 Å². The third-order valence-electron chi connectivity index (χ3n) is 3.76. The summed E-state index contributed by atoms with van der Waals surface area (Å²) < 4.78 is 32.8. The van der Waals surface area contributed by atoms with Crippen molar-refractivity contribution in [2.75, 3.05) is 32.8 Å². The minimum Gasteiger partial charge on any atom is -0.380 e. The minimum absolute atomic E-state index is 0. The van der Waals surface area contributed by atoms with Crippen molar-refractivity contribution in [2.45, 2.75) is 30.7 Å². The average molecular weight is 392 g/mol. The fourth-order valence-corrected chi connectivity index (χ4v) is 3.84. The number of carbonyl (C=O) groups excluding carboxylic acids is 1. The van der Waals surface area contributed by atoms with Gasteiger partial charge in [0.05, 0.1) is 11.5 Å². The van der Waals surface area contributed by atoms with Crippen LogP contribution in [0, 0.1) is 0 Å². The predicted molar refractivity (Wildman–Crippen MR) is 98.7 cm³/mol. The van der Waals surface area contributed by atoms with Gasteiger partial charge in [-0.3, -0.25) is 4.79 Å². The Kier molecular flexibility index (Phi) is 9.37. The molecule has 1 amide bonds. The first kappa shape index (κ1) is 21.9. The number of carbonyl (C=O) groups is 1. The van der Waals surface area contributed by atoms with E-state index in [1.807, 2.05) is 6.92 Å². The van der Waals surface area contributed by atoms with Gasteiger partial charge in [0.1, 0.15) is 0 Å². The maximum atomic E-state index is 12.5. The Balaban J connectivity index is 0.00000312. The lowest BCUT2D eigenvalue weighted by Gasteiger charge is -2.23. The van der Waals surface area contributed by atoms with Gasteiger partial charge in [-0.05, 0) is 44.5 Å². The van der Waals surface area contributed by atoms with Crippen molar-refractivity contribution >= 4 is 28.3 Å². The van der Waals surface area contributed by atoms with Gasteiger partial charge in [-0.2, -0.15) is 0 Å². The van der Waals surface area contributed by atoms with Gasteiger partial charge in [0.25, 0.3) is 5.91 Å². The highest BCUT2D eigenvalue weighted by atomic mass is 35.5. The molecule has 1 saturated heterocycles. The summed E-state index contributed by atoms with van der Waals surface area (Å²) in [6.45, 7) is 4.81. The Morgan fingerprint density at radius 1 is 1.40 bits per heavy atom. The van der Waals surface area contributed by atoms with Gasteiger partial charge in [0.15, 0.2) is 0 Å². The Morgan fingerprint density at radius 3 is 2.88 bits per heavy atom. The second kappa shape index (κ2) is 10.7. The fourth-order valence-electron chi connectivity index (χ4n) is 2.53. The third-order valence-corrected chi connectivity index (χ3v) is 5.28. The van der Waals surface area contributed by atoms with E-state index in [0.717, 1.165) is 19.4 Å². The molecule has 1 atom stereocenters. The second-order valence-electron chi connectivity index (χ2n) is 5.65. The van der Waals surface area contributed by atoms with E-state index in [4.69, 9.17) is 4.74 Å². The van der Waals surface area contributed by atoms with Crippen molar-refractivity contribution in [3.05, 3.63) is 29.8 Å². The predicted octanol–water partition coefficient (Wildman–Crippen LogP) is 0.905. The Labute approximate surface area is 155 Å². The number of hydrogen-bond acceptors (Lipinski definition) is 5. The van der Waals surface area contributed by atoms with E-state index in [0.29, 0.717) is 31.9 Å². The van der Waals surface area contributed by atoms with E-state index in [2.05, 4.69) is 15.4 Å². The molecule has 7 nitrogen and oxygen atoms in total. The molecule has 1 aliphatic rings. The van der Waals surface area contributed by atoms with Crippen LogP contribution in [0.2, 0.25) is 0 Å². The van der Waals surface area contributed by atoms with Gasteiger partial charge in [0, 0.05) is 31.3 Å². The maximum Gasteiger partial charge on any atom is 0.251 e. The molecule has 142 valence electrons. The fraction of sp³-hybridized carbons (Fsp3) is 0.562. The molecule has 1 aliphatic heterocycles. The van der Waals surface area contributed by atoms with Crippen molar-refractivity contribution in [1.29, 1.82) is 0 Å². The van der Waals surface area contributed by atoms with Gasteiger partial charge in [-0.1, -0.05) is 6.07 Å². The van der Waals surface area contributed by atoms with Gasteiger partial charge < -0.3 is 15.4 Å². The maximum absolute atomic E-state index is 12.5. The van der Waals surface area contributed by atoms with Gasteiger partial charge in [-0.25, -0.2) is 13.1 Å². The van der Waals surface area contributed by atoms with E-state index in [1.54, 1.807) is 12.1 Å². The molecular weight excluding hydrogens is 366 g/mol. The molecule has 0 spiro atoms. The summed E-state index contributed by atoms with van der Waals surface area (Å²) in [6, 6.07) is 5.94. The first-order valence-corrected chi connectivity index (χ1v) is 9.70. The zero-order chi connectivity index (χ0) is 17.4. The summed E-state index contributed by atoms with van der Waals surface area (Å²) >= 11 is 0. The van der Waals surface area contributed by atoms with Crippen molar-refractivity contribution in [1.82, 2.24) is 15.4 Å². The van der Waals surface area contributed by atoms with Crippen LogP contribution in [-0.2, 0) is 14.8 Å². The Bertz CT molecular complexity index is 649. The molecule has 9 heteroatoms. The molecular formula is C16H26ClN3O4S. The van der Waals surface area contributed by atoms with Crippen molar-refractivity contribution in [2.24, 2.45) is 0 Å². The van der Waals surface area contributed by atoms with Gasteiger partial charge in [0.2, 0.25) is 10.0 Å². The first-order valence-electron chi connectivity index (χ1n) is 8.22. The highest BCUT2D eigenvalue weighted by Crippen LogP contribution is 2.13. The molecule has 1 aromatic carbocycles. The van der Waals surface area contributed by atoms with E-state index in [-0.39, 0.29) is 29.3 Å². The van der Waals surface area contributed by atoms with Crippen LogP contribution in [0.15, 0.2) is 29.2 Å². The molecule has 1 aromatic rings. The van der Waals surface area contributed by atoms with Crippen LogP contribution in [0.1, 0.15) is 30.1 Å². The molecule has 0 bridgehead atoms. The van der Waals surface area contributed by atoms with Gasteiger partial charge in [-0.15, -0.1) is 12.4 Å². The number of benzene rings is 1. The lowest BCUT2D eigenvalue weighted by Crippen LogP contribution is -2.45. The SMILES string of the molecule is CCOCCNC(=O)c1cccc(S(=O)(=O)N[C@@H]2CCCNC2)c1.Cl. The van der Waals surface area contributed by atoms with E-state index in [1.165, 1.54) is 12.1 Å². The van der Waals surface area contributed by atoms with Crippen LogP contribution >= 0.6 is 12.4 Å². The number of ether oxygens (including phenoxy) is 1. The lowest BCUT2D eigenvalue weighted by atomic mass is 10.1. The quantitative estimate of drug-likeness (QED) is 0.572. The van der Waals surface area contributed by atoms with Crippen molar-refractivity contribution in [3.8, 4) is 0 Å². The smallest absolute Gasteiger partial charge is 0.251 e. The van der Waals surface area contributed by atoms with E-state index in [9.17, 15) is 13.2 Å². The molecule has 3 N–H and O–H groups in total. The third kappa shape index (κ3) is 6.91. The summed E-state index contributed by atoms with van der Waals surface area (Å²) in [7, 11) is -3.64. The highest BCUT2D eigenvalue weighted by molar-refractivity contribution is 7.89. The van der Waals surface area contributed by atoms with Crippen LogP contribution in [0.4, 0.5) is 0 Å². The normalized spacial score (nSPS) is 17.6. The van der Waals surface area contributed by atoms with Crippen LogP contribution in [0.3, 0.4) is 0 Å². The number of nitrogens with one attached hydrogen (secondary N) is 3. The molecule has 0 saturated carbocycles. The number of hydrogen-bond donors (Lipinski definition) is 3. The number of amides is 1. The van der Waals surface area contributed by atoms with E-state index >= 15 is 0 Å². The Morgan fingerprint density at radius 2 is 2.20 bits per heavy atom. The van der Waals surface area contributed by atoms with Crippen molar-refractivity contribution in [3.63, 3.8) is 0 Å². The summed E-state index contributed by atoms with van der Waals surface area (Å²) in [6.07, 6.45) is 1.75. The largest absolute Gasteiger partial charge is 0.380 e. The minimum atomic E-state index is -3.64. The van der Waals surface area contributed by atoms with Gasteiger partial charge >= 0.3 is 0 Å². The van der Waals surface area contributed by atoms with Crippen molar-refractivity contribution < 1.29 is 17.9 Å². The van der Waals surface area contributed by atoms with E-state index < -0.39 is 10.0 Å². The molecule has 0 aliphatic carbocycles. The molecule has 0 aromatic heterocycles. The summed E-state index contributed by atoms with van der Waals surface area (Å²) in [5.74, 6) is -0.314. The summed E-state index contributed by atoms with van der Waals surface area (Å²) in [4.78, 5) is 12.2. The molecule has 25 heavy (non-hydrogen) atoms. The first-order chi connectivity index (χ1) is 11.5. The standard InChI is InChI=1S/C16H25N3O4S.ClH/c1-2-23-10-9-18-16(20)13-5-3-7-15(11-13)24(21,22)19-14-6-4-8-17-12-14;/h3,5,7,11,14,17,19H,2,4,6,8-10,12H2,1H3,(H,18,20);1H/t14-;/m1./s1. The summed E-state index contributed by atoms with van der Waals surface area (Å²) in [5, 5.41) is 5.87. The molecule has 1 heterocycles. The topological polar surface area (TPSA) is 96.5 Å². The summed E-state index contributed by atoms with van der Waals surface area (Å²) in [5.41, 5.74) is 0.316. The zero-order valence-corrected chi connectivity index (χ0v) is 15.9. The number of halogens is 1. The molecule has 0 unspecified atom stereocenters. The Hall–Kier alpha value is -1.19. The monoisotopic (exact) mass is 391 g/mol. The zero-order valence-electron chi connectivity index (χ0n) is 14.3. The highest BCUT2D eigenvalue weighted by Gasteiger charge is 2.22. The van der Waals surface area contributed by atoms with Crippen LogP contribution in [0.25, 0.3) is 0 Å². The molecule has 2 rings (SSSR count). The number of sulfonamides is 1. The van der Waals surface area contributed by atoms with Crippen LogP contribution in [0.5, 0.6) is 0 Å². The number of rotatable bonds is 8. The second-order valence-corrected chi connectivity index (χ2v) is 7.36. The molecule has 1 fully saturated rings. The number of piperidine rings is 1. The average Bonchev–Trinajstić information content (AvgIpc) is 2.59. The molecule has 0 radical (unpaired) electrons. The van der Waals surface area contributed by atoms with Crippen LogP contribution < -0.4 is 15.4 Å².